The van der Waals surface area contributed by atoms with E-state index in [1.165, 1.54) is 11.3 Å². The summed E-state index contributed by atoms with van der Waals surface area (Å²) in [6, 6.07) is 7.86. The van der Waals surface area contributed by atoms with E-state index in [2.05, 4.69) is 20.4 Å². The fourth-order valence-electron chi connectivity index (χ4n) is 1.60. The maximum Gasteiger partial charge on any atom is 0.203 e. The number of nitrogens with zero attached hydrogens (tertiary/aromatic N) is 3. The van der Waals surface area contributed by atoms with E-state index < -0.39 is 0 Å². The van der Waals surface area contributed by atoms with Crippen LogP contribution in [0.4, 0.5) is 5.13 Å². The molecule has 112 valence electrons. The zero-order chi connectivity index (χ0) is 15.1. The quantitative estimate of drug-likeness (QED) is 0.631. The zero-order valence-electron chi connectivity index (χ0n) is 12.5. The molecule has 0 unspecified atom stereocenters. The van der Waals surface area contributed by atoms with Crippen LogP contribution in [0.3, 0.4) is 0 Å². The number of aromatic nitrogens is 1. The standard InChI is InChI=1S/C15H20N4OS/c1-12-11-21-15(17-12)18-16-10-13-5-4-6-14(9-13)20-8-7-19(2)3/h4-6,9-11H,7-8H2,1-3H3,(H,17,18). The van der Waals surface area contributed by atoms with Crippen LogP contribution in [-0.2, 0) is 0 Å². The van der Waals surface area contributed by atoms with Gasteiger partial charge in [-0.1, -0.05) is 12.1 Å². The first-order valence-corrected chi connectivity index (χ1v) is 7.60. The van der Waals surface area contributed by atoms with Crippen molar-refractivity contribution < 1.29 is 4.74 Å². The number of hydrazone groups is 1. The number of anilines is 1. The topological polar surface area (TPSA) is 49.8 Å². The molecule has 6 heteroatoms. The summed E-state index contributed by atoms with van der Waals surface area (Å²) in [5.74, 6) is 0.853. The van der Waals surface area contributed by atoms with Crippen molar-refractivity contribution in [2.45, 2.75) is 6.92 Å². The Bertz CT molecular complexity index is 595. The van der Waals surface area contributed by atoms with E-state index in [4.69, 9.17) is 4.74 Å². The van der Waals surface area contributed by atoms with Crippen molar-refractivity contribution in [1.82, 2.24) is 9.88 Å². The highest BCUT2D eigenvalue weighted by Gasteiger charge is 1.97. The number of rotatable bonds is 7. The third-order valence-electron chi connectivity index (χ3n) is 2.66. The molecule has 0 amide bonds. The Morgan fingerprint density at radius 2 is 2.29 bits per heavy atom. The Balaban J connectivity index is 1.88. The van der Waals surface area contributed by atoms with Gasteiger partial charge in [-0.3, -0.25) is 5.43 Å². The van der Waals surface area contributed by atoms with Gasteiger partial charge in [0.15, 0.2) is 0 Å². The van der Waals surface area contributed by atoms with Crippen LogP contribution in [0, 0.1) is 6.92 Å². The molecular formula is C15H20N4OS. The molecule has 1 aromatic heterocycles. The lowest BCUT2D eigenvalue weighted by molar-refractivity contribution is 0.261. The second-order valence-corrected chi connectivity index (χ2v) is 5.75. The van der Waals surface area contributed by atoms with E-state index in [1.807, 2.05) is 50.7 Å². The number of hydrogen-bond donors (Lipinski definition) is 1. The molecule has 0 atom stereocenters. The Labute approximate surface area is 129 Å². The van der Waals surface area contributed by atoms with Crippen molar-refractivity contribution in [3.8, 4) is 5.75 Å². The number of ether oxygens (including phenoxy) is 1. The summed E-state index contributed by atoms with van der Waals surface area (Å²) < 4.78 is 5.69. The van der Waals surface area contributed by atoms with Gasteiger partial charge < -0.3 is 9.64 Å². The summed E-state index contributed by atoms with van der Waals surface area (Å²) in [6.45, 7) is 3.52. The molecular weight excluding hydrogens is 284 g/mol. The largest absolute Gasteiger partial charge is 0.492 e. The minimum atomic E-state index is 0.671. The Hall–Kier alpha value is -1.92. The minimum absolute atomic E-state index is 0.671. The van der Waals surface area contributed by atoms with Crippen LogP contribution in [0.1, 0.15) is 11.3 Å². The molecule has 0 spiro atoms. The molecule has 1 N–H and O–H groups in total. The van der Waals surface area contributed by atoms with Crippen molar-refractivity contribution in [1.29, 1.82) is 0 Å². The van der Waals surface area contributed by atoms with Gasteiger partial charge in [0, 0.05) is 11.9 Å². The summed E-state index contributed by atoms with van der Waals surface area (Å²) >= 11 is 1.54. The normalized spacial score (nSPS) is 11.2. The van der Waals surface area contributed by atoms with Crippen LogP contribution in [-0.4, -0.2) is 43.3 Å². The van der Waals surface area contributed by atoms with Gasteiger partial charge in [0.05, 0.1) is 11.9 Å². The molecule has 0 saturated heterocycles. The molecule has 2 rings (SSSR count). The van der Waals surface area contributed by atoms with Gasteiger partial charge in [0.1, 0.15) is 12.4 Å². The highest BCUT2D eigenvalue weighted by molar-refractivity contribution is 7.13. The SMILES string of the molecule is Cc1csc(NN=Cc2cccc(OCCN(C)C)c2)n1. The second-order valence-electron chi connectivity index (χ2n) is 4.89. The highest BCUT2D eigenvalue weighted by Crippen LogP contribution is 2.15. The molecule has 2 aromatic rings. The molecule has 5 nitrogen and oxygen atoms in total. The van der Waals surface area contributed by atoms with E-state index in [0.29, 0.717) is 6.61 Å². The van der Waals surface area contributed by atoms with Crippen molar-refractivity contribution in [2.75, 3.05) is 32.7 Å². The van der Waals surface area contributed by atoms with Crippen molar-refractivity contribution in [3.63, 3.8) is 0 Å². The number of nitrogens with one attached hydrogen (secondary N) is 1. The molecule has 0 saturated carbocycles. The van der Waals surface area contributed by atoms with Crippen molar-refractivity contribution in [2.24, 2.45) is 5.10 Å². The van der Waals surface area contributed by atoms with Gasteiger partial charge in [-0.25, -0.2) is 4.98 Å². The van der Waals surface area contributed by atoms with Crippen LogP contribution in [0.5, 0.6) is 5.75 Å². The van der Waals surface area contributed by atoms with Gasteiger partial charge in [0.2, 0.25) is 5.13 Å². The summed E-state index contributed by atoms with van der Waals surface area (Å²) in [4.78, 5) is 6.37. The first-order valence-electron chi connectivity index (χ1n) is 6.72. The van der Waals surface area contributed by atoms with E-state index in [1.54, 1.807) is 6.21 Å². The highest BCUT2D eigenvalue weighted by atomic mass is 32.1. The van der Waals surface area contributed by atoms with Crippen LogP contribution >= 0.6 is 11.3 Å². The third kappa shape index (κ3) is 5.53. The molecule has 21 heavy (non-hydrogen) atoms. The van der Waals surface area contributed by atoms with E-state index >= 15 is 0 Å². The minimum Gasteiger partial charge on any atom is -0.492 e. The number of hydrogen-bond acceptors (Lipinski definition) is 6. The lowest BCUT2D eigenvalue weighted by Gasteiger charge is -2.11. The van der Waals surface area contributed by atoms with Crippen molar-refractivity contribution >= 4 is 22.7 Å². The first kappa shape index (κ1) is 15.5. The maximum absolute atomic E-state index is 5.69. The molecule has 1 aromatic carbocycles. The molecule has 1 heterocycles. The second kappa shape index (κ2) is 7.75. The van der Waals surface area contributed by atoms with Gasteiger partial charge in [-0.05, 0) is 38.7 Å². The smallest absolute Gasteiger partial charge is 0.203 e. The van der Waals surface area contributed by atoms with E-state index in [-0.39, 0.29) is 0 Å². The average Bonchev–Trinajstić information content (AvgIpc) is 2.85. The third-order valence-corrected chi connectivity index (χ3v) is 3.52. The van der Waals surface area contributed by atoms with Crippen LogP contribution in [0.25, 0.3) is 0 Å². The molecule has 0 aliphatic rings. The monoisotopic (exact) mass is 304 g/mol. The van der Waals surface area contributed by atoms with Crippen molar-refractivity contribution in [3.05, 3.63) is 40.9 Å². The van der Waals surface area contributed by atoms with Gasteiger partial charge in [-0.2, -0.15) is 5.10 Å². The fraction of sp³-hybridized carbons (Fsp3) is 0.333. The summed E-state index contributed by atoms with van der Waals surface area (Å²) in [6.07, 6.45) is 1.76. The van der Waals surface area contributed by atoms with Gasteiger partial charge in [0.25, 0.3) is 0 Å². The predicted molar refractivity (Wildman–Crippen MR) is 88.6 cm³/mol. The lowest BCUT2D eigenvalue weighted by atomic mass is 10.2. The van der Waals surface area contributed by atoms with Gasteiger partial charge >= 0.3 is 0 Å². The summed E-state index contributed by atoms with van der Waals surface area (Å²) in [5, 5.41) is 6.96. The van der Waals surface area contributed by atoms with E-state index in [0.717, 1.165) is 28.7 Å². The Kier molecular flexibility index (Phi) is 5.71. The zero-order valence-corrected chi connectivity index (χ0v) is 13.4. The Morgan fingerprint density at radius 3 is 3.00 bits per heavy atom. The molecule has 0 fully saturated rings. The van der Waals surface area contributed by atoms with E-state index in [9.17, 15) is 0 Å². The average molecular weight is 304 g/mol. The number of aryl methyl sites for hydroxylation is 1. The molecule has 0 bridgehead atoms. The van der Waals surface area contributed by atoms with Gasteiger partial charge in [-0.15, -0.1) is 11.3 Å². The Morgan fingerprint density at radius 1 is 1.43 bits per heavy atom. The molecule has 0 aliphatic heterocycles. The van der Waals surface area contributed by atoms with Crippen LogP contribution in [0.15, 0.2) is 34.7 Å². The van der Waals surface area contributed by atoms with Crippen LogP contribution in [0.2, 0.25) is 0 Å². The molecule has 0 radical (unpaired) electrons. The first-order chi connectivity index (χ1) is 10.1. The summed E-state index contributed by atoms with van der Waals surface area (Å²) in [7, 11) is 4.05. The van der Waals surface area contributed by atoms with Crippen LogP contribution < -0.4 is 10.2 Å². The predicted octanol–water partition coefficient (Wildman–Crippen LogP) is 2.84. The maximum atomic E-state index is 5.69. The number of thiazole rings is 1. The number of benzene rings is 1. The fourth-order valence-corrected chi connectivity index (χ4v) is 2.24. The lowest BCUT2D eigenvalue weighted by Crippen LogP contribution is -2.19. The summed E-state index contributed by atoms with van der Waals surface area (Å²) in [5.41, 5.74) is 4.90. The molecule has 0 aliphatic carbocycles. The number of likely N-dealkylation sites (N-methyl/N-ethyl adjacent to an activating group) is 1.